The minimum atomic E-state index is -2.83. The standard InChI is InChI=1S/C13H26N2O2S/c1-18(16,17)10-9-15-8-7-14-13(11-15)12-5-3-2-4-6-12/h12-14H,2-11H2,1H3. The van der Waals surface area contributed by atoms with E-state index < -0.39 is 9.84 Å². The Bertz CT molecular complexity index is 350. The summed E-state index contributed by atoms with van der Waals surface area (Å²) < 4.78 is 22.4. The van der Waals surface area contributed by atoms with Crippen molar-refractivity contribution < 1.29 is 8.42 Å². The first-order chi connectivity index (χ1) is 8.54. The Hall–Kier alpha value is -0.130. The molecular weight excluding hydrogens is 248 g/mol. The second kappa shape index (κ2) is 6.35. The van der Waals surface area contributed by atoms with Crippen LogP contribution in [0.3, 0.4) is 0 Å². The van der Waals surface area contributed by atoms with Gasteiger partial charge in [0.25, 0.3) is 0 Å². The molecule has 5 heteroatoms. The number of sulfone groups is 1. The molecule has 0 spiro atoms. The van der Waals surface area contributed by atoms with Crippen LogP contribution >= 0.6 is 0 Å². The van der Waals surface area contributed by atoms with E-state index in [9.17, 15) is 8.42 Å². The molecule has 4 nitrogen and oxygen atoms in total. The van der Waals surface area contributed by atoms with Crippen molar-refractivity contribution in [2.75, 3.05) is 38.2 Å². The fourth-order valence-corrected chi connectivity index (χ4v) is 3.78. The van der Waals surface area contributed by atoms with Gasteiger partial charge in [-0.15, -0.1) is 0 Å². The Balaban J connectivity index is 1.80. The first-order valence-electron chi connectivity index (χ1n) is 7.18. The molecule has 18 heavy (non-hydrogen) atoms. The van der Waals surface area contributed by atoms with Crippen LogP contribution in [-0.4, -0.2) is 57.5 Å². The lowest BCUT2D eigenvalue weighted by Gasteiger charge is -2.39. The number of rotatable bonds is 4. The molecule has 2 fully saturated rings. The number of piperazine rings is 1. The average Bonchev–Trinajstić information content (AvgIpc) is 2.37. The highest BCUT2D eigenvalue weighted by Crippen LogP contribution is 2.27. The van der Waals surface area contributed by atoms with Crippen molar-refractivity contribution in [3.8, 4) is 0 Å². The summed E-state index contributed by atoms with van der Waals surface area (Å²) in [5, 5.41) is 3.62. The van der Waals surface area contributed by atoms with Crippen LogP contribution in [0.5, 0.6) is 0 Å². The molecule has 0 aromatic heterocycles. The Morgan fingerprint density at radius 3 is 2.61 bits per heavy atom. The average molecular weight is 274 g/mol. The fraction of sp³-hybridized carbons (Fsp3) is 1.00. The fourth-order valence-electron chi connectivity index (χ4n) is 3.19. The van der Waals surface area contributed by atoms with Gasteiger partial charge in [0.15, 0.2) is 0 Å². The van der Waals surface area contributed by atoms with E-state index >= 15 is 0 Å². The van der Waals surface area contributed by atoms with Crippen molar-refractivity contribution in [3.05, 3.63) is 0 Å². The van der Waals surface area contributed by atoms with Crippen LogP contribution in [0, 0.1) is 5.92 Å². The molecule has 2 rings (SSSR count). The summed E-state index contributed by atoms with van der Waals surface area (Å²) in [6.45, 7) is 3.72. The molecular formula is C13H26N2O2S. The lowest BCUT2D eigenvalue weighted by atomic mass is 9.83. The third kappa shape index (κ3) is 4.52. The second-order valence-corrected chi connectivity index (χ2v) is 8.15. The van der Waals surface area contributed by atoms with E-state index in [0.29, 0.717) is 18.3 Å². The molecule has 1 unspecified atom stereocenters. The summed E-state index contributed by atoms with van der Waals surface area (Å²) in [4.78, 5) is 2.32. The Labute approximate surface area is 111 Å². The van der Waals surface area contributed by atoms with Gasteiger partial charge in [-0.3, -0.25) is 4.90 Å². The monoisotopic (exact) mass is 274 g/mol. The van der Waals surface area contributed by atoms with Gasteiger partial charge in [-0.05, 0) is 18.8 Å². The van der Waals surface area contributed by atoms with E-state index in [-0.39, 0.29) is 0 Å². The highest BCUT2D eigenvalue weighted by molar-refractivity contribution is 7.90. The summed E-state index contributed by atoms with van der Waals surface area (Å²) in [6.07, 6.45) is 8.14. The molecule has 1 heterocycles. The molecule has 1 N–H and O–H groups in total. The van der Waals surface area contributed by atoms with Gasteiger partial charge in [-0.1, -0.05) is 19.3 Å². The van der Waals surface area contributed by atoms with Crippen molar-refractivity contribution in [2.45, 2.75) is 38.1 Å². The molecule has 0 aromatic carbocycles. The van der Waals surface area contributed by atoms with Gasteiger partial charge in [0, 0.05) is 38.5 Å². The first-order valence-corrected chi connectivity index (χ1v) is 9.24. The van der Waals surface area contributed by atoms with Crippen LogP contribution in [0.15, 0.2) is 0 Å². The summed E-state index contributed by atoms with van der Waals surface area (Å²) >= 11 is 0. The zero-order valence-electron chi connectivity index (χ0n) is 11.4. The lowest BCUT2D eigenvalue weighted by Crippen LogP contribution is -2.54. The molecule has 106 valence electrons. The smallest absolute Gasteiger partial charge is 0.148 e. The molecule has 1 aliphatic heterocycles. The van der Waals surface area contributed by atoms with Gasteiger partial charge in [-0.2, -0.15) is 0 Å². The maximum Gasteiger partial charge on any atom is 0.148 e. The topological polar surface area (TPSA) is 49.4 Å². The zero-order valence-corrected chi connectivity index (χ0v) is 12.2. The third-order valence-electron chi connectivity index (χ3n) is 4.29. The molecule has 1 saturated carbocycles. The van der Waals surface area contributed by atoms with E-state index in [4.69, 9.17) is 0 Å². The molecule has 0 aromatic rings. The van der Waals surface area contributed by atoms with Crippen molar-refractivity contribution in [3.63, 3.8) is 0 Å². The van der Waals surface area contributed by atoms with Crippen molar-refractivity contribution >= 4 is 9.84 Å². The quantitative estimate of drug-likeness (QED) is 0.827. The van der Waals surface area contributed by atoms with E-state index in [1.807, 2.05) is 0 Å². The van der Waals surface area contributed by atoms with Gasteiger partial charge in [0.2, 0.25) is 0 Å². The molecule has 2 aliphatic rings. The Morgan fingerprint density at radius 1 is 1.22 bits per heavy atom. The van der Waals surface area contributed by atoms with Crippen LogP contribution < -0.4 is 5.32 Å². The first kappa shape index (κ1) is 14.3. The summed E-state index contributed by atoms with van der Waals surface area (Å²) in [5.74, 6) is 1.10. The van der Waals surface area contributed by atoms with Crippen LogP contribution in [0.2, 0.25) is 0 Å². The molecule has 1 saturated heterocycles. The van der Waals surface area contributed by atoms with Gasteiger partial charge >= 0.3 is 0 Å². The number of nitrogens with zero attached hydrogens (tertiary/aromatic N) is 1. The molecule has 0 bridgehead atoms. The van der Waals surface area contributed by atoms with Crippen LogP contribution in [0.25, 0.3) is 0 Å². The normalized spacial score (nSPS) is 28.4. The largest absolute Gasteiger partial charge is 0.311 e. The van der Waals surface area contributed by atoms with Gasteiger partial charge in [0.05, 0.1) is 5.75 Å². The number of hydrogen-bond donors (Lipinski definition) is 1. The molecule has 0 radical (unpaired) electrons. The van der Waals surface area contributed by atoms with Crippen molar-refractivity contribution in [1.82, 2.24) is 10.2 Å². The summed E-state index contributed by atoms with van der Waals surface area (Å²) in [5.41, 5.74) is 0. The van der Waals surface area contributed by atoms with Crippen LogP contribution in [0.4, 0.5) is 0 Å². The van der Waals surface area contributed by atoms with E-state index in [1.165, 1.54) is 38.4 Å². The number of nitrogens with one attached hydrogen (secondary N) is 1. The predicted octanol–water partition coefficient (Wildman–Crippen LogP) is 0.885. The zero-order chi connectivity index (χ0) is 13.0. The molecule has 1 atom stereocenters. The van der Waals surface area contributed by atoms with Crippen LogP contribution in [-0.2, 0) is 9.84 Å². The third-order valence-corrected chi connectivity index (χ3v) is 5.21. The lowest BCUT2D eigenvalue weighted by molar-refractivity contribution is 0.152. The molecule has 0 amide bonds. The Kier molecular flexibility index (Phi) is 5.04. The summed E-state index contributed by atoms with van der Waals surface area (Å²) in [6, 6.07) is 0.582. The second-order valence-electron chi connectivity index (χ2n) is 5.89. The SMILES string of the molecule is CS(=O)(=O)CCN1CCNC(C2CCCCC2)C1. The number of hydrogen-bond acceptors (Lipinski definition) is 4. The van der Waals surface area contributed by atoms with Crippen molar-refractivity contribution in [1.29, 1.82) is 0 Å². The highest BCUT2D eigenvalue weighted by Gasteiger charge is 2.27. The predicted molar refractivity (Wildman–Crippen MR) is 74.5 cm³/mol. The van der Waals surface area contributed by atoms with Gasteiger partial charge in [0.1, 0.15) is 9.84 Å². The van der Waals surface area contributed by atoms with E-state index in [1.54, 1.807) is 0 Å². The van der Waals surface area contributed by atoms with Crippen molar-refractivity contribution in [2.24, 2.45) is 5.92 Å². The maximum absolute atomic E-state index is 11.2. The maximum atomic E-state index is 11.2. The minimum absolute atomic E-state index is 0.296. The van der Waals surface area contributed by atoms with Crippen LogP contribution in [0.1, 0.15) is 32.1 Å². The minimum Gasteiger partial charge on any atom is -0.311 e. The Morgan fingerprint density at radius 2 is 1.94 bits per heavy atom. The van der Waals surface area contributed by atoms with Gasteiger partial charge < -0.3 is 5.32 Å². The summed E-state index contributed by atoms with van der Waals surface area (Å²) in [7, 11) is -2.83. The molecule has 1 aliphatic carbocycles. The van der Waals surface area contributed by atoms with Gasteiger partial charge in [-0.25, -0.2) is 8.42 Å². The van der Waals surface area contributed by atoms with E-state index in [2.05, 4.69) is 10.2 Å². The highest BCUT2D eigenvalue weighted by atomic mass is 32.2. The van der Waals surface area contributed by atoms with E-state index in [0.717, 1.165) is 25.6 Å².